The van der Waals surface area contributed by atoms with E-state index in [0.717, 1.165) is 0 Å². The van der Waals surface area contributed by atoms with Crippen molar-refractivity contribution in [1.29, 1.82) is 0 Å². The van der Waals surface area contributed by atoms with Gasteiger partial charge >= 0.3 is 18.0 Å². The van der Waals surface area contributed by atoms with E-state index in [4.69, 9.17) is 25.8 Å². The summed E-state index contributed by atoms with van der Waals surface area (Å²) in [4.78, 5) is 36.2. The van der Waals surface area contributed by atoms with Gasteiger partial charge in [0.1, 0.15) is 17.9 Å². The fourth-order valence-corrected chi connectivity index (χ4v) is 2.62. The zero-order valence-corrected chi connectivity index (χ0v) is 15.3. The predicted molar refractivity (Wildman–Crippen MR) is 93.1 cm³/mol. The van der Waals surface area contributed by atoms with Crippen molar-refractivity contribution in [2.45, 2.75) is 19.9 Å². The topological polar surface area (TPSA) is 103 Å². The molecule has 0 radical (unpaired) electrons. The third-order valence-electron chi connectivity index (χ3n) is 3.59. The maximum absolute atomic E-state index is 12.4. The molecule has 0 bridgehead atoms. The molecule has 1 aliphatic heterocycles. The standard InChI is InChI=1S/C17H19ClN2O6/c1-4-25-16(22)14-9(2)19-17(23)20-12(14)8-26-15(21)11-7-10(18)5-6-13(11)24-3/h5-7,9H,4,8H2,1-3H3,(H2,19,20,23)/t9-/m1/s1. The predicted octanol–water partition coefficient (Wildman–Crippen LogP) is 2.02. The summed E-state index contributed by atoms with van der Waals surface area (Å²) in [6, 6.07) is 3.44. The average molecular weight is 383 g/mol. The Morgan fingerprint density at radius 2 is 1.96 bits per heavy atom. The first-order chi connectivity index (χ1) is 12.4. The number of halogens is 1. The molecule has 0 saturated heterocycles. The fraction of sp³-hybridized carbons (Fsp3) is 0.353. The third-order valence-corrected chi connectivity index (χ3v) is 3.83. The second-order valence-electron chi connectivity index (χ2n) is 5.35. The Labute approximate surface area is 155 Å². The molecule has 2 amide bonds. The molecule has 2 rings (SSSR count). The average Bonchev–Trinajstić information content (AvgIpc) is 2.59. The van der Waals surface area contributed by atoms with Gasteiger partial charge in [-0.2, -0.15) is 0 Å². The molecule has 2 N–H and O–H groups in total. The second kappa shape index (κ2) is 8.57. The van der Waals surface area contributed by atoms with E-state index in [1.54, 1.807) is 19.9 Å². The lowest BCUT2D eigenvalue weighted by Crippen LogP contribution is -2.50. The number of nitrogens with one attached hydrogen (secondary N) is 2. The Morgan fingerprint density at radius 1 is 1.23 bits per heavy atom. The highest BCUT2D eigenvalue weighted by molar-refractivity contribution is 6.31. The molecule has 1 heterocycles. The van der Waals surface area contributed by atoms with Gasteiger partial charge < -0.3 is 24.8 Å². The highest BCUT2D eigenvalue weighted by Gasteiger charge is 2.30. The normalized spacial score (nSPS) is 16.5. The zero-order chi connectivity index (χ0) is 19.3. The summed E-state index contributed by atoms with van der Waals surface area (Å²) in [6.45, 7) is 3.16. The molecule has 1 atom stereocenters. The largest absolute Gasteiger partial charge is 0.496 e. The molecule has 0 saturated carbocycles. The van der Waals surface area contributed by atoms with E-state index in [9.17, 15) is 14.4 Å². The van der Waals surface area contributed by atoms with Crippen molar-refractivity contribution in [3.05, 3.63) is 40.1 Å². The number of methoxy groups -OCH3 is 1. The van der Waals surface area contributed by atoms with Gasteiger partial charge in [0.05, 0.1) is 31.0 Å². The monoisotopic (exact) mass is 382 g/mol. The van der Waals surface area contributed by atoms with Crippen LogP contribution in [0.3, 0.4) is 0 Å². The Balaban J connectivity index is 2.23. The molecule has 1 aromatic rings. The molecule has 0 aromatic heterocycles. The zero-order valence-electron chi connectivity index (χ0n) is 14.6. The van der Waals surface area contributed by atoms with Gasteiger partial charge in [0.2, 0.25) is 0 Å². The molecule has 26 heavy (non-hydrogen) atoms. The summed E-state index contributed by atoms with van der Waals surface area (Å²) >= 11 is 5.91. The van der Waals surface area contributed by atoms with E-state index in [1.807, 2.05) is 0 Å². The minimum atomic E-state index is -0.708. The van der Waals surface area contributed by atoms with Crippen LogP contribution in [-0.4, -0.2) is 44.3 Å². The summed E-state index contributed by atoms with van der Waals surface area (Å²) in [5.41, 5.74) is 0.484. The van der Waals surface area contributed by atoms with Crippen molar-refractivity contribution in [1.82, 2.24) is 10.6 Å². The Bertz CT molecular complexity index is 762. The van der Waals surface area contributed by atoms with Crippen LogP contribution in [0.1, 0.15) is 24.2 Å². The summed E-state index contributed by atoms with van der Waals surface area (Å²) < 4.78 is 15.3. The van der Waals surface area contributed by atoms with Gasteiger partial charge in [0, 0.05) is 5.02 Å². The molecule has 8 nitrogen and oxygen atoms in total. The van der Waals surface area contributed by atoms with Gasteiger partial charge in [-0.25, -0.2) is 14.4 Å². The number of hydrogen-bond donors (Lipinski definition) is 2. The van der Waals surface area contributed by atoms with Crippen molar-refractivity contribution in [2.24, 2.45) is 0 Å². The molecule has 1 aromatic carbocycles. The molecule has 0 spiro atoms. The highest BCUT2D eigenvalue weighted by Crippen LogP contribution is 2.24. The molecule has 0 fully saturated rings. The van der Waals surface area contributed by atoms with Crippen molar-refractivity contribution >= 4 is 29.6 Å². The molecular formula is C17H19ClN2O6. The maximum Gasteiger partial charge on any atom is 0.342 e. The number of urea groups is 1. The lowest BCUT2D eigenvalue weighted by Gasteiger charge is -2.26. The van der Waals surface area contributed by atoms with Gasteiger partial charge in [-0.15, -0.1) is 0 Å². The van der Waals surface area contributed by atoms with Crippen LogP contribution in [0.25, 0.3) is 0 Å². The number of ether oxygens (including phenoxy) is 3. The van der Waals surface area contributed by atoms with E-state index < -0.39 is 24.0 Å². The highest BCUT2D eigenvalue weighted by atomic mass is 35.5. The van der Waals surface area contributed by atoms with E-state index >= 15 is 0 Å². The number of carbonyl (C=O) groups excluding carboxylic acids is 3. The number of hydrogen-bond acceptors (Lipinski definition) is 6. The van der Waals surface area contributed by atoms with Crippen molar-refractivity contribution in [2.75, 3.05) is 20.3 Å². The van der Waals surface area contributed by atoms with Crippen LogP contribution >= 0.6 is 11.6 Å². The van der Waals surface area contributed by atoms with Crippen LogP contribution < -0.4 is 15.4 Å². The lowest BCUT2D eigenvalue weighted by atomic mass is 10.0. The van der Waals surface area contributed by atoms with Crippen LogP contribution in [0.15, 0.2) is 29.5 Å². The summed E-state index contributed by atoms with van der Waals surface area (Å²) in [6.07, 6.45) is 0. The SMILES string of the molecule is CCOC(=O)C1=C(COC(=O)c2cc(Cl)ccc2OC)NC(=O)N[C@@H]1C. The second-order valence-corrected chi connectivity index (χ2v) is 5.79. The number of esters is 2. The Hall–Kier alpha value is -2.74. The van der Waals surface area contributed by atoms with E-state index in [1.165, 1.54) is 19.2 Å². The van der Waals surface area contributed by atoms with Crippen molar-refractivity contribution in [3.8, 4) is 5.75 Å². The van der Waals surface area contributed by atoms with E-state index in [2.05, 4.69) is 10.6 Å². The number of carbonyl (C=O) groups is 3. The van der Waals surface area contributed by atoms with Gasteiger partial charge in [0.25, 0.3) is 0 Å². The Kier molecular flexibility index (Phi) is 6.46. The van der Waals surface area contributed by atoms with Crippen LogP contribution in [0.2, 0.25) is 5.02 Å². The fourth-order valence-electron chi connectivity index (χ4n) is 2.45. The summed E-state index contributed by atoms with van der Waals surface area (Å²) in [5, 5.41) is 5.37. The molecular weight excluding hydrogens is 364 g/mol. The number of rotatable bonds is 6. The lowest BCUT2D eigenvalue weighted by molar-refractivity contribution is -0.139. The van der Waals surface area contributed by atoms with Crippen LogP contribution in [0.4, 0.5) is 4.79 Å². The summed E-state index contributed by atoms with van der Waals surface area (Å²) in [7, 11) is 1.41. The first kappa shape index (κ1) is 19.6. The van der Waals surface area contributed by atoms with Crippen molar-refractivity contribution in [3.63, 3.8) is 0 Å². The molecule has 0 unspecified atom stereocenters. The quantitative estimate of drug-likeness (QED) is 0.730. The minimum absolute atomic E-state index is 0.131. The van der Waals surface area contributed by atoms with Crippen LogP contribution in [-0.2, 0) is 14.3 Å². The third kappa shape index (κ3) is 4.45. The first-order valence-corrected chi connectivity index (χ1v) is 8.23. The van der Waals surface area contributed by atoms with E-state index in [0.29, 0.717) is 10.8 Å². The van der Waals surface area contributed by atoms with Crippen molar-refractivity contribution < 1.29 is 28.6 Å². The molecule has 140 valence electrons. The smallest absolute Gasteiger partial charge is 0.342 e. The minimum Gasteiger partial charge on any atom is -0.496 e. The van der Waals surface area contributed by atoms with Gasteiger partial charge in [-0.3, -0.25) is 0 Å². The van der Waals surface area contributed by atoms with Crippen LogP contribution in [0, 0.1) is 0 Å². The van der Waals surface area contributed by atoms with Gasteiger partial charge in [-0.1, -0.05) is 11.6 Å². The van der Waals surface area contributed by atoms with Gasteiger partial charge in [0.15, 0.2) is 0 Å². The maximum atomic E-state index is 12.4. The van der Waals surface area contributed by atoms with Crippen LogP contribution in [0.5, 0.6) is 5.75 Å². The molecule has 9 heteroatoms. The van der Waals surface area contributed by atoms with E-state index in [-0.39, 0.29) is 30.0 Å². The van der Waals surface area contributed by atoms with Gasteiger partial charge in [-0.05, 0) is 32.0 Å². The summed E-state index contributed by atoms with van der Waals surface area (Å²) in [5.74, 6) is -1.01. The molecule has 0 aliphatic carbocycles. The Morgan fingerprint density at radius 3 is 2.62 bits per heavy atom. The number of benzene rings is 1. The number of amides is 2. The molecule has 1 aliphatic rings. The first-order valence-electron chi connectivity index (χ1n) is 7.85.